The Bertz CT molecular complexity index is 5920. The number of nitrogens with one attached hydrogen (secondary N) is 4. The normalized spacial score (nSPS) is 12.2. The molecule has 0 unspecified atom stereocenters. The van der Waals surface area contributed by atoms with E-state index < -0.39 is 0 Å². The van der Waals surface area contributed by atoms with Crippen LogP contribution in [0.15, 0.2) is 243 Å². The standard InChI is InChI=1S/C99H80N8O2/c1-60-18-30-66(31-19-60)92-74-42-46-78(100-74)94(68-34-22-62(3)23-35-68)82-50-54-86(104-82)98(87-55-51-83(105-87)95(79-47-43-75(92)101-79)69-36-24-63(4)25-37-69)72-14-8-10-16-90(72)108-58-12-7-13-59-109-91-17-11-9-15-73(91)99-88-56-52-84(106-88)96(70-38-26-64(5)27-39-70)80-48-44-76(102-80)93(67-32-20-61(2)21-33-67)77-45-49-81(103-77)97(85-53-57-89(99)107-85)71-40-28-65(6)29-41-71/h8-11,14-57,100,102,105,107H,7,12-13,58-59H2,1-6H3. The van der Waals surface area contributed by atoms with Gasteiger partial charge in [-0.1, -0.05) is 215 Å². The molecule has 4 N–H and O–H groups in total. The van der Waals surface area contributed by atoms with Crippen LogP contribution in [-0.4, -0.2) is 53.1 Å². The number of aromatic amines is 4. The van der Waals surface area contributed by atoms with E-state index in [1.807, 2.05) is 0 Å². The summed E-state index contributed by atoms with van der Waals surface area (Å²) in [5.41, 5.74) is 37.5. The van der Waals surface area contributed by atoms with Crippen molar-refractivity contribution in [2.24, 2.45) is 0 Å². The van der Waals surface area contributed by atoms with Gasteiger partial charge in [0.15, 0.2) is 0 Å². The topological polar surface area (TPSA) is 133 Å². The average molecular weight is 1410 g/mol. The molecule has 10 heterocycles. The van der Waals surface area contributed by atoms with Crippen LogP contribution in [0.5, 0.6) is 11.5 Å². The van der Waals surface area contributed by atoms with Crippen LogP contribution >= 0.6 is 0 Å². The minimum atomic E-state index is 0.494. The molecule has 4 aliphatic heterocycles. The summed E-state index contributed by atoms with van der Waals surface area (Å²) in [6, 6.07) is 86.6. The van der Waals surface area contributed by atoms with Gasteiger partial charge >= 0.3 is 0 Å². The van der Waals surface area contributed by atoms with Crippen LogP contribution in [0.25, 0.3) is 182 Å². The van der Waals surface area contributed by atoms with Crippen LogP contribution in [-0.2, 0) is 0 Å². The summed E-state index contributed by atoms with van der Waals surface area (Å²) in [6.45, 7) is 13.7. The Morgan fingerprint density at radius 2 is 0.404 bits per heavy atom. The molecular formula is C99H80N8O2. The van der Waals surface area contributed by atoms with Crippen molar-refractivity contribution in [2.75, 3.05) is 13.2 Å². The number of unbranched alkanes of at least 4 members (excludes halogenated alkanes) is 2. The van der Waals surface area contributed by atoms with Gasteiger partial charge < -0.3 is 29.4 Å². The maximum absolute atomic E-state index is 6.97. The summed E-state index contributed by atoms with van der Waals surface area (Å²) >= 11 is 0. The summed E-state index contributed by atoms with van der Waals surface area (Å²) in [6.07, 6.45) is 19.7. The molecule has 4 aliphatic rings. The van der Waals surface area contributed by atoms with E-state index in [0.29, 0.717) is 13.2 Å². The number of rotatable bonds is 16. The molecule has 0 radical (unpaired) electrons. The molecule has 0 atom stereocenters. The van der Waals surface area contributed by atoms with Crippen LogP contribution in [0.4, 0.5) is 0 Å². The Hall–Kier alpha value is -13.4. The van der Waals surface area contributed by atoms with Gasteiger partial charge in [0.2, 0.25) is 0 Å². The zero-order valence-corrected chi connectivity index (χ0v) is 61.9. The molecule has 6 aromatic heterocycles. The van der Waals surface area contributed by atoms with Gasteiger partial charge in [0, 0.05) is 99.8 Å². The van der Waals surface area contributed by atoms with Crippen LogP contribution in [0, 0.1) is 41.5 Å². The fourth-order valence-corrected chi connectivity index (χ4v) is 15.5. The SMILES string of the molecule is Cc1ccc(-c2c3nc(c(-c4ccc(C)cc4)c4ccc([nH]4)c(-c4ccccc4OCCCCCOc4ccccc4-c4c5nc(c(-c6ccc(C)cc6)c6ccc([nH]6)c(-c6ccc(C)cc6)c6nc(c(-c7ccc(C)cc7)c7ccc4[nH]7)C=C6)C=C5)c4nc(c(-c5ccc(C)cc5)c5ccc2[nH]5)C=C4)C=C3)cc1. The molecular weight excluding hydrogens is 1330 g/mol. The van der Waals surface area contributed by atoms with Gasteiger partial charge in [0.1, 0.15) is 11.5 Å². The highest BCUT2D eigenvalue weighted by molar-refractivity contribution is 6.03. The number of aryl methyl sites for hydroxylation is 6. The lowest BCUT2D eigenvalue weighted by Gasteiger charge is -2.14. The van der Waals surface area contributed by atoms with Crippen LogP contribution in [0.1, 0.15) is 98.2 Å². The molecule has 0 saturated heterocycles. The summed E-state index contributed by atoms with van der Waals surface area (Å²) in [4.78, 5) is 38.1. The highest BCUT2D eigenvalue weighted by Crippen LogP contribution is 2.44. The first kappa shape index (κ1) is 67.4. The molecule has 16 bridgehead atoms. The number of benzene rings is 8. The van der Waals surface area contributed by atoms with Gasteiger partial charge in [-0.3, -0.25) is 0 Å². The molecule has 0 aliphatic carbocycles. The maximum atomic E-state index is 6.97. The lowest BCUT2D eigenvalue weighted by Crippen LogP contribution is -2.03. The number of hydrogen-bond donors (Lipinski definition) is 4. The second-order valence-corrected chi connectivity index (χ2v) is 29.0. The van der Waals surface area contributed by atoms with E-state index in [-0.39, 0.29) is 0 Å². The minimum Gasteiger partial charge on any atom is -0.493 e. The van der Waals surface area contributed by atoms with Crippen molar-refractivity contribution in [1.29, 1.82) is 0 Å². The fraction of sp³-hybridized carbons (Fsp3) is 0.111. The Labute approximate surface area is 634 Å². The van der Waals surface area contributed by atoms with Crippen LogP contribution in [0.2, 0.25) is 0 Å². The van der Waals surface area contributed by atoms with E-state index in [0.717, 1.165) is 209 Å². The smallest absolute Gasteiger partial charge is 0.127 e. The first-order chi connectivity index (χ1) is 53.4. The second-order valence-electron chi connectivity index (χ2n) is 29.0. The highest BCUT2D eigenvalue weighted by Gasteiger charge is 2.24. The number of para-hydroxylation sites is 2. The number of ether oxygens (including phenoxy) is 2. The second kappa shape index (κ2) is 28.8. The Morgan fingerprint density at radius 1 is 0.211 bits per heavy atom. The fourth-order valence-electron chi connectivity index (χ4n) is 15.5. The average Bonchev–Trinajstić information content (AvgIpc) is 1.62. The number of H-pyrrole nitrogens is 4. The molecule has 8 aromatic carbocycles. The Morgan fingerprint density at radius 3 is 0.624 bits per heavy atom. The van der Waals surface area contributed by atoms with Gasteiger partial charge in [-0.2, -0.15) is 0 Å². The van der Waals surface area contributed by atoms with Gasteiger partial charge in [-0.25, -0.2) is 19.9 Å². The lowest BCUT2D eigenvalue weighted by atomic mass is 10.0. The van der Waals surface area contributed by atoms with Crippen molar-refractivity contribution < 1.29 is 9.47 Å². The van der Waals surface area contributed by atoms with Gasteiger partial charge in [0.05, 0.1) is 58.8 Å². The third-order valence-corrected chi connectivity index (χ3v) is 21.2. The third-order valence-electron chi connectivity index (χ3n) is 21.2. The van der Waals surface area contributed by atoms with Gasteiger partial charge in [-0.15, -0.1) is 0 Å². The zero-order chi connectivity index (χ0) is 73.6. The van der Waals surface area contributed by atoms with Crippen molar-refractivity contribution in [3.8, 4) is 101 Å². The predicted octanol–water partition coefficient (Wildman–Crippen LogP) is 25.4. The number of nitrogens with zero attached hydrogens (tertiary/aromatic N) is 4. The minimum absolute atomic E-state index is 0.494. The van der Waals surface area contributed by atoms with Crippen molar-refractivity contribution in [2.45, 2.75) is 60.8 Å². The first-order valence-corrected chi connectivity index (χ1v) is 37.6. The van der Waals surface area contributed by atoms with E-state index in [1.54, 1.807) is 0 Å². The van der Waals surface area contributed by atoms with Crippen molar-refractivity contribution in [3.63, 3.8) is 0 Å². The third kappa shape index (κ3) is 13.3. The quantitative estimate of drug-likeness (QED) is 0.0712. The van der Waals surface area contributed by atoms with Gasteiger partial charge in [0.25, 0.3) is 0 Å². The van der Waals surface area contributed by atoms with E-state index in [2.05, 4.69) is 353 Å². The van der Waals surface area contributed by atoms with Crippen LogP contribution in [0.3, 0.4) is 0 Å². The Kier molecular flexibility index (Phi) is 17.8. The predicted molar refractivity (Wildman–Crippen MR) is 454 cm³/mol. The van der Waals surface area contributed by atoms with E-state index in [1.165, 1.54) is 33.4 Å². The van der Waals surface area contributed by atoms with Crippen LogP contribution < -0.4 is 9.47 Å². The van der Waals surface area contributed by atoms with E-state index in [4.69, 9.17) is 29.4 Å². The van der Waals surface area contributed by atoms with E-state index in [9.17, 15) is 0 Å². The van der Waals surface area contributed by atoms with E-state index >= 15 is 0 Å². The molecule has 528 valence electrons. The summed E-state index contributed by atoms with van der Waals surface area (Å²) in [7, 11) is 0. The zero-order valence-electron chi connectivity index (χ0n) is 61.9. The Balaban J connectivity index is 0.691. The summed E-state index contributed by atoms with van der Waals surface area (Å²) in [5.74, 6) is 1.54. The molecule has 10 heteroatoms. The van der Waals surface area contributed by atoms with Crippen molar-refractivity contribution in [1.82, 2.24) is 39.9 Å². The lowest BCUT2D eigenvalue weighted by molar-refractivity contribution is 0.280. The molecule has 0 spiro atoms. The molecule has 18 rings (SSSR count). The summed E-state index contributed by atoms with van der Waals surface area (Å²) < 4.78 is 13.9. The molecule has 10 nitrogen and oxygen atoms in total. The molecule has 0 saturated carbocycles. The summed E-state index contributed by atoms with van der Waals surface area (Å²) in [5, 5.41) is 0. The molecule has 0 fully saturated rings. The monoisotopic (exact) mass is 1410 g/mol. The molecule has 14 aromatic rings. The molecule has 109 heavy (non-hydrogen) atoms. The maximum Gasteiger partial charge on any atom is 0.127 e. The molecule has 0 amide bonds. The number of fused-ring (bicyclic) bond motifs is 16. The first-order valence-electron chi connectivity index (χ1n) is 37.6. The van der Waals surface area contributed by atoms with Crippen molar-refractivity contribution in [3.05, 3.63) is 322 Å². The van der Waals surface area contributed by atoms with Gasteiger partial charge in [-0.05, 0) is 203 Å². The number of aromatic nitrogens is 8. The highest BCUT2D eigenvalue weighted by atomic mass is 16.5. The largest absolute Gasteiger partial charge is 0.493 e. The number of hydrogen-bond acceptors (Lipinski definition) is 6. The van der Waals surface area contributed by atoms with Crippen molar-refractivity contribution >= 4 is 92.7 Å².